The Balaban J connectivity index is 2.58. The van der Waals surface area contributed by atoms with Gasteiger partial charge in [-0.1, -0.05) is 0 Å². The van der Waals surface area contributed by atoms with Gasteiger partial charge in [0.25, 0.3) is 0 Å². The molecule has 1 atom stereocenters. The highest BCUT2D eigenvalue weighted by Crippen LogP contribution is 2.09. The van der Waals surface area contributed by atoms with Gasteiger partial charge in [-0.2, -0.15) is 0 Å². The van der Waals surface area contributed by atoms with Gasteiger partial charge >= 0.3 is 6.09 Å². The highest BCUT2D eigenvalue weighted by atomic mass is 16.6. The van der Waals surface area contributed by atoms with Crippen LogP contribution in [0, 0.1) is 6.20 Å². The molecule has 0 aromatic carbocycles. The van der Waals surface area contributed by atoms with Crippen molar-refractivity contribution in [3.63, 3.8) is 0 Å². The van der Waals surface area contributed by atoms with Crippen LogP contribution in [0.1, 0.15) is 39.6 Å². The van der Waals surface area contributed by atoms with Crippen molar-refractivity contribution in [2.45, 2.75) is 46.4 Å². The number of imidazole rings is 1. The fourth-order valence-corrected chi connectivity index (χ4v) is 1.38. The molecule has 0 spiro atoms. The molecule has 1 rings (SSSR count). The van der Waals surface area contributed by atoms with E-state index in [1.807, 2.05) is 32.3 Å². The number of carbonyl (C=O) groups is 1. The van der Waals surface area contributed by atoms with Gasteiger partial charge in [0.2, 0.25) is 0 Å². The van der Waals surface area contributed by atoms with Crippen molar-refractivity contribution < 1.29 is 9.53 Å². The first-order valence-corrected chi connectivity index (χ1v) is 5.44. The second-order valence-corrected chi connectivity index (χ2v) is 3.83. The van der Waals surface area contributed by atoms with E-state index in [4.69, 9.17) is 4.74 Å². The normalized spacial score (nSPS) is 12.6. The van der Waals surface area contributed by atoms with Crippen LogP contribution in [-0.4, -0.2) is 21.7 Å². The zero-order chi connectivity index (χ0) is 12.1. The van der Waals surface area contributed by atoms with E-state index in [1.165, 1.54) is 0 Å². The number of rotatable bonds is 4. The summed E-state index contributed by atoms with van der Waals surface area (Å²) in [6.07, 6.45) is 3.99. The Morgan fingerprint density at radius 3 is 2.88 bits per heavy atom. The summed E-state index contributed by atoms with van der Waals surface area (Å²) in [4.78, 5) is 15.5. The van der Waals surface area contributed by atoms with Crippen LogP contribution < -0.4 is 5.32 Å². The molecule has 1 unspecified atom stereocenters. The van der Waals surface area contributed by atoms with Crippen molar-refractivity contribution in [1.29, 1.82) is 0 Å². The Labute approximate surface area is 95.8 Å². The molecule has 0 aliphatic heterocycles. The third-order valence-electron chi connectivity index (χ3n) is 2.09. The molecule has 16 heavy (non-hydrogen) atoms. The maximum Gasteiger partial charge on any atom is 0.407 e. The average molecular weight is 224 g/mol. The van der Waals surface area contributed by atoms with Crippen molar-refractivity contribution in [3.05, 3.63) is 18.2 Å². The van der Waals surface area contributed by atoms with Crippen molar-refractivity contribution in [3.8, 4) is 0 Å². The van der Waals surface area contributed by atoms with E-state index in [-0.39, 0.29) is 12.1 Å². The number of aromatic nitrogens is 2. The molecule has 0 saturated carbocycles. The van der Waals surface area contributed by atoms with Gasteiger partial charge in [-0.05, 0) is 27.7 Å². The Bertz CT molecular complexity index is 347. The standard InChI is InChI=1S/C11H18N3O2/c1-5-14-7-6-12-10(14)9(4)13-11(15)16-8(2)3/h7-9H,5H2,1-4H3,(H,13,15). The van der Waals surface area contributed by atoms with E-state index in [0.29, 0.717) is 0 Å². The molecular formula is C11H18N3O2. The van der Waals surface area contributed by atoms with E-state index in [2.05, 4.69) is 16.5 Å². The summed E-state index contributed by atoms with van der Waals surface area (Å²) >= 11 is 0. The van der Waals surface area contributed by atoms with E-state index in [9.17, 15) is 4.79 Å². The Kier molecular flexibility index (Phi) is 4.34. The lowest BCUT2D eigenvalue weighted by atomic mass is 10.3. The van der Waals surface area contributed by atoms with E-state index >= 15 is 0 Å². The molecule has 0 aliphatic rings. The highest BCUT2D eigenvalue weighted by molar-refractivity contribution is 5.67. The number of nitrogens with one attached hydrogen (secondary N) is 1. The molecule has 0 aliphatic carbocycles. The number of alkyl carbamates (subject to hydrolysis) is 1. The summed E-state index contributed by atoms with van der Waals surface area (Å²) in [6.45, 7) is 8.30. The number of carbonyl (C=O) groups excluding carboxylic acids is 1. The maximum atomic E-state index is 11.4. The minimum atomic E-state index is -0.423. The van der Waals surface area contributed by atoms with E-state index < -0.39 is 6.09 Å². The van der Waals surface area contributed by atoms with Crippen molar-refractivity contribution in [2.75, 3.05) is 0 Å². The number of ether oxygens (including phenoxy) is 1. The lowest BCUT2D eigenvalue weighted by Gasteiger charge is -2.16. The molecule has 1 amide bonds. The molecule has 5 nitrogen and oxygen atoms in total. The molecule has 1 radical (unpaired) electrons. The van der Waals surface area contributed by atoms with Crippen LogP contribution >= 0.6 is 0 Å². The molecule has 5 heteroatoms. The van der Waals surface area contributed by atoms with Crippen molar-refractivity contribution in [1.82, 2.24) is 14.9 Å². The summed E-state index contributed by atoms with van der Waals surface area (Å²) in [6, 6.07) is -0.183. The Hall–Kier alpha value is -1.52. The Morgan fingerprint density at radius 1 is 1.62 bits per heavy atom. The predicted octanol–water partition coefficient (Wildman–Crippen LogP) is 1.90. The van der Waals surface area contributed by atoms with Gasteiger partial charge in [-0.15, -0.1) is 0 Å². The summed E-state index contributed by atoms with van der Waals surface area (Å²) in [5.41, 5.74) is 0. The molecule has 0 bridgehead atoms. The fraction of sp³-hybridized carbons (Fsp3) is 0.636. The Morgan fingerprint density at radius 2 is 2.31 bits per heavy atom. The number of nitrogens with zero attached hydrogens (tertiary/aromatic N) is 2. The first kappa shape index (κ1) is 12.5. The second-order valence-electron chi connectivity index (χ2n) is 3.83. The summed E-state index contributed by atoms with van der Waals surface area (Å²) in [5, 5.41) is 2.72. The van der Waals surface area contributed by atoms with Crippen LogP contribution in [0.3, 0.4) is 0 Å². The second kappa shape index (κ2) is 5.53. The highest BCUT2D eigenvalue weighted by Gasteiger charge is 2.15. The monoisotopic (exact) mass is 224 g/mol. The number of hydrogen-bond donors (Lipinski definition) is 1. The topological polar surface area (TPSA) is 56.2 Å². The van der Waals surface area contributed by atoms with Crippen LogP contribution in [0.25, 0.3) is 0 Å². The van der Waals surface area contributed by atoms with Crippen molar-refractivity contribution in [2.24, 2.45) is 0 Å². The molecule has 89 valence electrons. The SMILES string of the molecule is CCn1c[c]nc1C(C)NC(=O)OC(C)C. The first-order chi connectivity index (χ1) is 7.54. The van der Waals surface area contributed by atoms with Gasteiger partial charge in [0.05, 0.1) is 12.1 Å². The van der Waals surface area contributed by atoms with Crippen LogP contribution in [-0.2, 0) is 11.3 Å². The van der Waals surface area contributed by atoms with Gasteiger partial charge in [-0.25, -0.2) is 9.78 Å². The van der Waals surface area contributed by atoms with Gasteiger partial charge in [-0.3, -0.25) is 0 Å². The van der Waals surface area contributed by atoms with Crippen LogP contribution in [0.15, 0.2) is 6.20 Å². The summed E-state index contributed by atoms with van der Waals surface area (Å²) in [7, 11) is 0. The fourth-order valence-electron chi connectivity index (χ4n) is 1.38. The summed E-state index contributed by atoms with van der Waals surface area (Å²) < 4.78 is 6.93. The minimum absolute atomic E-state index is 0.121. The minimum Gasteiger partial charge on any atom is -0.447 e. The third-order valence-corrected chi connectivity index (χ3v) is 2.09. The molecule has 1 N–H and O–H groups in total. The third kappa shape index (κ3) is 3.25. The summed E-state index contributed by atoms with van der Waals surface area (Å²) in [5.74, 6) is 0.781. The lowest BCUT2D eigenvalue weighted by Crippen LogP contribution is -2.30. The predicted molar refractivity (Wildman–Crippen MR) is 59.9 cm³/mol. The number of amides is 1. The smallest absolute Gasteiger partial charge is 0.407 e. The van der Waals surface area contributed by atoms with Gasteiger partial charge in [0, 0.05) is 12.7 Å². The van der Waals surface area contributed by atoms with Gasteiger partial charge in [0.1, 0.15) is 12.0 Å². The first-order valence-electron chi connectivity index (χ1n) is 5.44. The quantitative estimate of drug-likeness (QED) is 0.849. The van der Waals surface area contributed by atoms with E-state index in [1.54, 1.807) is 6.20 Å². The average Bonchev–Trinajstić information content (AvgIpc) is 2.63. The van der Waals surface area contributed by atoms with Gasteiger partial charge < -0.3 is 14.6 Å². The van der Waals surface area contributed by atoms with Crippen LogP contribution in [0.5, 0.6) is 0 Å². The lowest BCUT2D eigenvalue weighted by molar-refractivity contribution is 0.112. The molecule has 1 aromatic heterocycles. The molecule has 1 aromatic rings. The number of hydrogen-bond acceptors (Lipinski definition) is 3. The van der Waals surface area contributed by atoms with Crippen molar-refractivity contribution >= 4 is 6.09 Å². The van der Waals surface area contributed by atoms with E-state index in [0.717, 1.165) is 12.4 Å². The van der Waals surface area contributed by atoms with Crippen LogP contribution in [0.4, 0.5) is 4.79 Å². The zero-order valence-electron chi connectivity index (χ0n) is 10.2. The molecule has 1 heterocycles. The largest absolute Gasteiger partial charge is 0.447 e. The molecule has 0 saturated heterocycles. The number of aryl methyl sites for hydroxylation is 1. The molecular weight excluding hydrogens is 206 g/mol. The molecule has 0 fully saturated rings. The van der Waals surface area contributed by atoms with Gasteiger partial charge in [0.15, 0.2) is 0 Å². The van der Waals surface area contributed by atoms with Crippen LogP contribution in [0.2, 0.25) is 0 Å². The zero-order valence-corrected chi connectivity index (χ0v) is 10.2. The maximum absolute atomic E-state index is 11.4.